The Morgan fingerprint density at radius 3 is 2.85 bits per heavy atom. The summed E-state index contributed by atoms with van der Waals surface area (Å²) in [6.45, 7) is 2.01. The molecule has 3 rings (SSSR count). The van der Waals surface area contributed by atoms with Crippen molar-refractivity contribution in [2.75, 3.05) is 5.32 Å². The fraction of sp³-hybridized carbons (Fsp3) is 0.125. The minimum absolute atomic E-state index is 0.0744. The molecule has 0 unspecified atom stereocenters. The minimum Gasteiger partial charge on any atom is -0.324 e. The van der Waals surface area contributed by atoms with E-state index in [0.717, 1.165) is 22.2 Å². The van der Waals surface area contributed by atoms with Gasteiger partial charge in [0.2, 0.25) is 11.9 Å². The van der Waals surface area contributed by atoms with Crippen molar-refractivity contribution in [1.82, 2.24) is 9.97 Å². The van der Waals surface area contributed by atoms with Gasteiger partial charge < -0.3 is 4.98 Å². The molecule has 0 aliphatic carbocycles. The molecule has 0 saturated heterocycles. The van der Waals surface area contributed by atoms with Gasteiger partial charge >= 0.3 is 0 Å². The van der Waals surface area contributed by atoms with Crippen LogP contribution in [0, 0.1) is 6.92 Å². The Hall–Kier alpha value is -2.62. The largest absolute Gasteiger partial charge is 0.324 e. The number of nitrogens with zero attached hydrogens (tertiary/aromatic N) is 1. The highest BCUT2D eigenvalue weighted by molar-refractivity contribution is 5.92. The number of H-pyrrole nitrogens is 1. The summed E-state index contributed by atoms with van der Waals surface area (Å²) in [4.78, 5) is 19.4. The molecule has 0 aliphatic heterocycles. The predicted octanol–water partition coefficient (Wildman–Crippen LogP) is 3.05. The molecule has 2 aromatic carbocycles. The average molecular weight is 265 g/mol. The smallest absolute Gasteiger partial charge is 0.231 e. The zero-order valence-electron chi connectivity index (χ0n) is 11.2. The van der Waals surface area contributed by atoms with Crippen LogP contribution in [0.2, 0.25) is 0 Å². The number of anilines is 1. The van der Waals surface area contributed by atoms with Gasteiger partial charge in [0.1, 0.15) is 0 Å². The first kappa shape index (κ1) is 12.4. The molecule has 1 aromatic heterocycles. The lowest BCUT2D eigenvalue weighted by atomic mass is 10.1. The number of imidazole rings is 1. The molecule has 4 nitrogen and oxygen atoms in total. The summed E-state index contributed by atoms with van der Waals surface area (Å²) in [5.41, 5.74) is 3.91. The Morgan fingerprint density at radius 1 is 1.20 bits per heavy atom. The Balaban J connectivity index is 1.72. The van der Waals surface area contributed by atoms with Gasteiger partial charge in [-0.2, -0.15) is 0 Å². The number of para-hydroxylation sites is 2. The van der Waals surface area contributed by atoms with Gasteiger partial charge in [0.15, 0.2) is 0 Å². The highest BCUT2D eigenvalue weighted by Crippen LogP contribution is 2.13. The standard InChI is InChI=1S/C16H15N3O/c1-11-5-4-6-12(9-11)10-15(20)19-16-17-13-7-2-3-8-14(13)18-16/h2-9H,10H2,1H3,(H2,17,18,19,20). The number of nitrogens with one attached hydrogen (secondary N) is 2. The Labute approximate surface area is 116 Å². The third-order valence-electron chi connectivity index (χ3n) is 3.09. The van der Waals surface area contributed by atoms with Crippen LogP contribution in [0.1, 0.15) is 11.1 Å². The number of carbonyl (C=O) groups is 1. The molecule has 0 atom stereocenters. The van der Waals surface area contributed by atoms with Gasteiger partial charge in [-0.3, -0.25) is 10.1 Å². The highest BCUT2D eigenvalue weighted by Gasteiger charge is 2.07. The van der Waals surface area contributed by atoms with E-state index in [1.807, 2.05) is 55.5 Å². The Morgan fingerprint density at radius 2 is 2.05 bits per heavy atom. The van der Waals surface area contributed by atoms with E-state index in [1.165, 1.54) is 0 Å². The van der Waals surface area contributed by atoms with Crippen molar-refractivity contribution in [3.63, 3.8) is 0 Å². The van der Waals surface area contributed by atoms with Gasteiger partial charge in [0.05, 0.1) is 17.5 Å². The maximum absolute atomic E-state index is 12.0. The molecule has 0 spiro atoms. The third-order valence-corrected chi connectivity index (χ3v) is 3.09. The van der Waals surface area contributed by atoms with Crippen molar-refractivity contribution in [1.29, 1.82) is 0 Å². The zero-order valence-corrected chi connectivity index (χ0v) is 11.2. The lowest BCUT2D eigenvalue weighted by molar-refractivity contribution is -0.115. The monoisotopic (exact) mass is 265 g/mol. The first-order valence-corrected chi connectivity index (χ1v) is 6.51. The second-order valence-electron chi connectivity index (χ2n) is 4.82. The van der Waals surface area contributed by atoms with Crippen LogP contribution in [0.15, 0.2) is 48.5 Å². The van der Waals surface area contributed by atoms with Crippen molar-refractivity contribution in [2.45, 2.75) is 13.3 Å². The molecule has 0 saturated carbocycles. The Kier molecular flexibility index (Phi) is 3.21. The SMILES string of the molecule is Cc1cccc(CC(=O)Nc2nc3ccccc3[nH]2)c1. The van der Waals surface area contributed by atoms with Gasteiger partial charge in [-0.05, 0) is 24.6 Å². The molecule has 3 aromatic rings. The van der Waals surface area contributed by atoms with Crippen molar-refractivity contribution >= 4 is 22.9 Å². The average Bonchev–Trinajstić information content (AvgIpc) is 2.80. The maximum atomic E-state index is 12.0. The van der Waals surface area contributed by atoms with Gasteiger partial charge in [-0.1, -0.05) is 42.0 Å². The van der Waals surface area contributed by atoms with Crippen molar-refractivity contribution in [3.8, 4) is 0 Å². The van der Waals surface area contributed by atoms with Gasteiger partial charge in [0.25, 0.3) is 0 Å². The number of carbonyl (C=O) groups excluding carboxylic acids is 1. The van der Waals surface area contributed by atoms with E-state index in [2.05, 4.69) is 15.3 Å². The molecule has 0 radical (unpaired) electrons. The molecule has 20 heavy (non-hydrogen) atoms. The van der Waals surface area contributed by atoms with Crippen LogP contribution in [-0.2, 0) is 11.2 Å². The van der Waals surface area contributed by atoms with Crippen molar-refractivity contribution in [2.24, 2.45) is 0 Å². The second kappa shape index (κ2) is 5.17. The summed E-state index contributed by atoms with van der Waals surface area (Å²) in [6, 6.07) is 15.6. The Bertz CT molecular complexity index is 728. The van der Waals surface area contributed by atoms with Gasteiger partial charge in [0, 0.05) is 0 Å². The van der Waals surface area contributed by atoms with Crippen LogP contribution in [0.4, 0.5) is 5.95 Å². The van der Waals surface area contributed by atoms with Crippen molar-refractivity contribution < 1.29 is 4.79 Å². The highest BCUT2D eigenvalue weighted by atomic mass is 16.1. The molecular weight excluding hydrogens is 250 g/mol. The lowest BCUT2D eigenvalue weighted by Crippen LogP contribution is -2.15. The molecule has 4 heteroatoms. The van der Waals surface area contributed by atoms with E-state index in [9.17, 15) is 4.79 Å². The van der Waals surface area contributed by atoms with Crippen LogP contribution in [0.3, 0.4) is 0 Å². The number of hydrogen-bond acceptors (Lipinski definition) is 2. The first-order valence-electron chi connectivity index (χ1n) is 6.51. The fourth-order valence-corrected chi connectivity index (χ4v) is 2.20. The molecule has 0 bridgehead atoms. The number of aromatic amines is 1. The normalized spacial score (nSPS) is 10.7. The van der Waals surface area contributed by atoms with E-state index in [1.54, 1.807) is 0 Å². The number of benzene rings is 2. The summed E-state index contributed by atoms with van der Waals surface area (Å²) in [5.74, 6) is 0.415. The first-order chi connectivity index (χ1) is 9.70. The van der Waals surface area contributed by atoms with Gasteiger partial charge in [-0.15, -0.1) is 0 Å². The zero-order chi connectivity index (χ0) is 13.9. The lowest BCUT2D eigenvalue weighted by Gasteiger charge is -2.03. The fourth-order valence-electron chi connectivity index (χ4n) is 2.20. The summed E-state index contributed by atoms with van der Waals surface area (Å²) >= 11 is 0. The van der Waals surface area contributed by atoms with Crippen LogP contribution >= 0.6 is 0 Å². The number of amides is 1. The molecule has 0 aliphatic rings. The van der Waals surface area contributed by atoms with Crippen LogP contribution in [0.5, 0.6) is 0 Å². The third kappa shape index (κ3) is 2.69. The molecule has 100 valence electrons. The molecular formula is C16H15N3O. The van der Waals surface area contributed by atoms with Crippen LogP contribution in [-0.4, -0.2) is 15.9 Å². The van der Waals surface area contributed by atoms with E-state index < -0.39 is 0 Å². The van der Waals surface area contributed by atoms with Crippen LogP contribution in [0.25, 0.3) is 11.0 Å². The van der Waals surface area contributed by atoms with E-state index >= 15 is 0 Å². The summed E-state index contributed by atoms with van der Waals surface area (Å²) in [6.07, 6.45) is 0.346. The topological polar surface area (TPSA) is 57.8 Å². The molecule has 1 amide bonds. The summed E-state index contributed by atoms with van der Waals surface area (Å²) in [5, 5.41) is 2.79. The maximum Gasteiger partial charge on any atom is 0.231 e. The number of fused-ring (bicyclic) bond motifs is 1. The van der Waals surface area contributed by atoms with E-state index in [-0.39, 0.29) is 5.91 Å². The van der Waals surface area contributed by atoms with E-state index in [4.69, 9.17) is 0 Å². The number of aromatic nitrogens is 2. The second-order valence-corrected chi connectivity index (χ2v) is 4.82. The van der Waals surface area contributed by atoms with Crippen molar-refractivity contribution in [3.05, 3.63) is 59.7 Å². The number of rotatable bonds is 3. The predicted molar refractivity (Wildman–Crippen MR) is 79.6 cm³/mol. The molecule has 2 N–H and O–H groups in total. The van der Waals surface area contributed by atoms with Gasteiger partial charge in [-0.25, -0.2) is 4.98 Å². The quantitative estimate of drug-likeness (QED) is 0.764. The molecule has 1 heterocycles. The minimum atomic E-state index is -0.0744. The van der Waals surface area contributed by atoms with E-state index in [0.29, 0.717) is 12.4 Å². The number of hydrogen-bond donors (Lipinski definition) is 2. The van der Waals surface area contributed by atoms with Crippen LogP contribution < -0.4 is 5.32 Å². The summed E-state index contributed by atoms with van der Waals surface area (Å²) < 4.78 is 0. The number of aryl methyl sites for hydroxylation is 1. The molecule has 0 fully saturated rings. The summed E-state index contributed by atoms with van der Waals surface area (Å²) in [7, 11) is 0.